The summed E-state index contributed by atoms with van der Waals surface area (Å²) in [6, 6.07) is 13.6. The Morgan fingerprint density at radius 1 is 0.968 bits per heavy atom. The van der Waals surface area contributed by atoms with E-state index in [1.165, 1.54) is 0 Å². The zero-order valence-corrected chi connectivity index (χ0v) is 18.6. The van der Waals surface area contributed by atoms with E-state index in [4.69, 9.17) is 18.9 Å². The SMILES string of the molecule is COc1cc(OC)c(OC)cc1/C=C/C(C)C(=O)OC1(c2ccccc2)CCNCC1. The fraction of sp³-hybridized carbons (Fsp3) is 0.400. The summed E-state index contributed by atoms with van der Waals surface area (Å²) in [5.41, 5.74) is 1.24. The Hall–Kier alpha value is -2.99. The van der Waals surface area contributed by atoms with Crippen LogP contribution in [0.15, 0.2) is 48.5 Å². The normalized spacial score (nSPS) is 16.5. The Balaban J connectivity index is 1.79. The van der Waals surface area contributed by atoms with E-state index in [2.05, 4.69) is 5.32 Å². The van der Waals surface area contributed by atoms with Gasteiger partial charge >= 0.3 is 5.97 Å². The maximum Gasteiger partial charge on any atom is 0.313 e. The third kappa shape index (κ3) is 5.20. The molecule has 0 saturated carbocycles. The van der Waals surface area contributed by atoms with Crippen molar-refractivity contribution in [2.45, 2.75) is 25.4 Å². The zero-order valence-electron chi connectivity index (χ0n) is 18.6. The minimum absolute atomic E-state index is 0.249. The van der Waals surface area contributed by atoms with Gasteiger partial charge in [0.15, 0.2) is 11.5 Å². The summed E-state index contributed by atoms with van der Waals surface area (Å²) >= 11 is 0. The molecule has 31 heavy (non-hydrogen) atoms. The first kappa shape index (κ1) is 22.7. The molecule has 0 radical (unpaired) electrons. The van der Waals surface area contributed by atoms with E-state index in [-0.39, 0.29) is 5.97 Å². The average molecular weight is 426 g/mol. The molecule has 1 atom stereocenters. The summed E-state index contributed by atoms with van der Waals surface area (Å²) in [7, 11) is 4.76. The molecule has 0 amide bonds. The van der Waals surface area contributed by atoms with E-state index in [0.29, 0.717) is 17.2 Å². The fourth-order valence-electron chi connectivity index (χ4n) is 3.82. The van der Waals surface area contributed by atoms with Crippen molar-refractivity contribution >= 4 is 12.0 Å². The maximum atomic E-state index is 13.0. The topological polar surface area (TPSA) is 66.0 Å². The van der Waals surface area contributed by atoms with E-state index in [1.807, 2.05) is 55.5 Å². The zero-order chi connectivity index (χ0) is 22.3. The molecule has 2 aromatic rings. The van der Waals surface area contributed by atoms with Crippen molar-refractivity contribution in [1.82, 2.24) is 5.32 Å². The van der Waals surface area contributed by atoms with Gasteiger partial charge in [-0.3, -0.25) is 4.79 Å². The number of carbonyl (C=O) groups excluding carboxylic acids is 1. The van der Waals surface area contributed by atoms with Gasteiger partial charge in [-0.25, -0.2) is 0 Å². The smallest absolute Gasteiger partial charge is 0.313 e. The lowest BCUT2D eigenvalue weighted by Crippen LogP contribution is -2.43. The quantitative estimate of drug-likeness (QED) is 0.640. The third-order valence-electron chi connectivity index (χ3n) is 5.68. The fourth-order valence-corrected chi connectivity index (χ4v) is 3.82. The molecule has 3 rings (SSSR count). The number of methoxy groups -OCH3 is 3. The molecule has 1 aliphatic heterocycles. The highest BCUT2D eigenvalue weighted by molar-refractivity contribution is 5.77. The minimum atomic E-state index is -0.591. The molecule has 0 aromatic heterocycles. The van der Waals surface area contributed by atoms with E-state index >= 15 is 0 Å². The van der Waals surface area contributed by atoms with Crippen LogP contribution in [0, 0.1) is 5.92 Å². The highest BCUT2D eigenvalue weighted by Crippen LogP contribution is 2.37. The lowest BCUT2D eigenvalue weighted by atomic mass is 9.84. The number of benzene rings is 2. The van der Waals surface area contributed by atoms with Gasteiger partial charge in [-0.1, -0.05) is 42.5 Å². The number of piperidine rings is 1. The molecule has 6 heteroatoms. The molecule has 1 saturated heterocycles. The first-order valence-electron chi connectivity index (χ1n) is 10.5. The Labute approximate surface area is 184 Å². The second kappa shape index (κ2) is 10.4. The van der Waals surface area contributed by atoms with E-state index in [1.54, 1.807) is 27.4 Å². The van der Waals surface area contributed by atoms with Crippen LogP contribution >= 0.6 is 0 Å². The van der Waals surface area contributed by atoms with Crippen molar-refractivity contribution in [1.29, 1.82) is 0 Å². The van der Waals surface area contributed by atoms with Crippen molar-refractivity contribution in [3.63, 3.8) is 0 Å². The molecule has 0 spiro atoms. The molecule has 1 heterocycles. The minimum Gasteiger partial charge on any atom is -0.496 e. The Morgan fingerprint density at radius 2 is 1.58 bits per heavy atom. The number of nitrogens with one attached hydrogen (secondary N) is 1. The van der Waals surface area contributed by atoms with Crippen LogP contribution in [0.2, 0.25) is 0 Å². The van der Waals surface area contributed by atoms with Gasteiger partial charge < -0.3 is 24.3 Å². The Morgan fingerprint density at radius 3 is 2.19 bits per heavy atom. The Bertz CT molecular complexity index is 904. The number of hydrogen-bond donors (Lipinski definition) is 1. The molecule has 1 unspecified atom stereocenters. The van der Waals surface area contributed by atoms with Gasteiger partial charge in [0.2, 0.25) is 0 Å². The molecule has 1 aliphatic rings. The van der Waals surface area contributed by atoms with Crippen LogP contribution in [0.4, 0.5) is 0 Å². The summed E-state index contributed by atoms with van der Waals surface area (Å²) in [6.07, 6.45) is 5.18. The van der Waals surface area contributed by atoms with Crippen LogP contribution < -0.4 is 19.5 Å². The van der Waals surface area contributed by atoms with Gasteiger partial charge in [-0.15, -0.1) is 0 Å². The predicted octanol–water partition coefficient (Wildman–Crippen LogP) is 4.18. The van der Waals surface area contributed by atoms with Crippen molar-refractivity contribution in [2.24, 2.45) is 5.92 Å². The van der Waals surface area contributed by atoms with Gasteiger partial charge in [0.05, 0.1) is 27.2 Å². The summed E-state index contributed by atoms with van der Waals surface area (Å²) < 4.78 is 22.3. The number of hydrogen-bond acceptors (Lipinski definition) is 6. The predicted molar refractivity (Wildman–Crippen MR) is 121 cm³/mol. The Kier molecular flexibility index (Phi) is 7.58. The first-order valence-corrected chi connectivity index (χ1v) is 10.5. The molecule has 1 fully saturated rings. The number of ether oxygens (including phenoxy) is 4. The summed E-state index contributed by atoms with van der Waals surface area (Å²) in [4.78, 5) is 13.0. The summed E-state index contributed by atoms with van der Waals surface area (Å²) in [6.45, 7) is 3.47. The van der Waals surface area contributed by atoms with Crippen molar-refractivity contribution < 1.29 is 23.7 Å². The molecule has 6 nitrogen and oxygen atoms in total. The molecular weight excluding hydrogens is 394 g/mol. The number of carbonyl (C=O) groups is 1. The molecule has 0 bridgehead atoms. The molecule has 2 aromatic carbocycles. The molecule has 166 valence electrons. The largest absolute Gasteiger partial charge is 0.496 e. The highest BCUT2D eigenvalue weighted by atomic mass is 16.6. The van der Waals surface area contributed by atoms with Gasteiger partial charge in [-0.05, 0) is 31.6 Å². The molecule has 0 aliphatic carbocycles. The standard InChI is InChI=1S/C25H31NO5/c1-18(10-11-19-16-22(29-3)23(30-4)17-21(19)28-2)24(27)31-25(12-14-26-15-13-25)20-8-6-5-7-9-20/h5-11,16-18,26H,12-15H2,1-4H3/b11-10+. The van der Waals surface area contributed by atoms with Gasteiger partial charge in [0.1, 0.15) is 11.4 Å². The van der Waals surface area contributed by atoms with Crippen LogP contribution in [0.3, 0.4) is 0 Å². The summed E-state index contributed by atoms with van der Waals surface area (Å²) in [5.74, 6) is 1.14. The lowest BCUT2D eigenvalue weighted by Gasteiger charge is -2.38. The van der Waals surface area contributed by atoms with Crippen LogP contribution in [-0.4, -0.2) is 40.4 Å². The first-order chi connectivity index (χ1) is 15.0. The van der Waals surface area contributed by atoms with Crippen LogP contribution in [0.5, 0.6) is 17.2 Å². The van der Waals surface area contributed by atoms with E-state index in [0.717, 1.165) is 37.1 Å². The second-order valence-electron chi connectivity index (χ2n) is 7.63. The lowest BCUT2D eigenvalue weighted by molar-refractivity contribution is -0.167. The van der Waals surface area contributed by atoms with E-state index < -0.39 is 11.5 Å². The summed E-state index contributed by atoms with van der Waals surface area (Å²) in [5, 5.41) is 3.35. The molecular formula is C25H31NO5. The van der Waals surface area contributed by atoms with Crippen LogP contribution in [-0.2, 0) is 15.1 Å². The third-order valence-corrected chi connectivity index (χ3v) is 5.68. The second-order valence-corrected chi connectivity index (χ2v) is 7.63. The van der Waals surface area contributed by atoms with Gasteiger partial charge in [-0.2, -0.15) is 0 Å². The van der Waals surface area contributed by atoms with Crippen molar-refractivity contribution in [3.8, 4) is 17.2 Å². The van der Waals surface area contributed by atoms with Gasteiger partial charge in [0.25, 0.3) is 0 Å². The van der Waals surface area contributed by atoms with Crippen molar-refractivity contribution in [2.75, 3.05) is 34.4 Å². The van der Waals surface area contributed by atoms with Crippen LogP contribution in [0.1, 0.15) is 30.9 Å². The van der Waals surface area contributed by atoms with Crippen molar-refractivity contribution in [3.05, 3.63) is 59.7 Å². The molecule has 1 N–H and O–H groups in total. The number of esters is 1. The van der Waals surface area contributed by atoms with Gasteiger partial charge in [0, 0.05) is 24.5 Å². The number of rotatable bonds is 8. The maximum absolute atomic E-state index is 13.0. The average Bonchev–Trinajstić information content (AvgIpc) is 2.82. The van der Waals surface area contributed by atoms with E-state index in [9.17, 15) is 4.79 Å². The van der Waals surface area contributed by atoms with Crippen LogP contribution in [0.25, 0.3) is 6.08 Å². The monoisotopic (exact) mass is 425 g/mol. The highest BCUT2D eigenvalue weighted by Gasteiger charge is 2.38.